The highest BCUT2D eigenvalue weighted by Gasteiger charge is 2.20. The third-order valence-electron chi connectivity index (χ3n) is 2.71. The summed E-state index contributed by atoms with van der Waals surface area (Å²) in [6.45, 7) is 4.47. The topological polar surface area (TPSA) is 111 Å². The summed E-state index contributed by atoms with van der Waals surface area (Å²) in [7, 11) is 0. The number of aliphatic hydroxyl groups excluding tert-OH is 2. The van der Waals surface area contributed by atoms with Crippen molar-refractivity contribution in [1.82, 2.24) is 9.55 Å². The first-order chi connectivity index (χ1) is 9.38. The van der Waals surface area contributed by atoms with E-state index in [9.17, 15) is 9.90 Å². The lowest BCUT2D eigenvalue weighted by atomic mass is 10.1. The summed E-state index contributed by atoms with van der Waals surface area (Å²) in [4.78, 5) is 18.1. The Balaban J connectivity index is 3.36. The monoisotopic (exact) mass is 299 g/mol. The standard InChI is InChI=1S/C12H17N3O4S/c1-3-4-15-10(19)8(9(18)14-11(15)20)5-13-12(2,6-16)7-17/h3,5,16-17,19H,1,4,6-7H2,2H3,(H,14,18,20). The summed E-state index contributed by atoms with van der Waals surface area (Å²) >= 11 is 4.93. The Morgan fingerprint density at radius 1 is 1.50 bits per heavy atom. The number of nitrogens with zero attached hydrogens (tertiary/aromatic N) is 2. The summed E-state index contributed by atoms with van der Waals surface area (Å²) in [5.41, 5.74) is -1.84. The number of aliphatic hydroxyl groups is 2. The van der Waals surface area contributed by atoms with E-state index in [-0.39, 0.29) is 22.8 Å². The second-order valence-electron chi connectivity index (χ2n) is 4.47. The van der Waals surface area contributed by atoms with Gasteiger partial charge in [0.25, 0.3) is 5.56 Å². The molecule has 4 N–H and O–H groups in total. The largest absolute Gasteiger partial charge is 0.494 e. The molecule has 0 amide bonds. The third-order valence-corrected chi connectivity index (χ3v) is 3.03. The Bertz CT molecular complexity index is 629. The van der Waals surface area contributed by atoms with Crippen molar-refractivity contribution in [3.8, 4) is 5.88 Å². The molecule has 0 saturated carbocycles. The first-order valence-corrected chi connectivity index (χ1v) is 6.23. The smallest absolute Gasteiger partial charge is 0.264 e. The van der Waals surface area contributed by atoms with Crippen LogP contribution in [-0.2, 0) is 6.54 Å². The molecule has 0 spiro atoms. The molecule has 1 aromatic rings. The van der Waals surface area contributed by atoms with Crippen molar-refractivity contribution >= 4 is 18.4 Å². The van der Waals surface area contributed by atoms with E-state index < -0.39 is 24.3 Å². The molecule has 0 unspecified atom stereocenters. The lowest BCUT2D eigenvalue weighted by Gasteiger charge is -2.18. The zero-order valence-corrected chi connectivity index (χ0v) is 11.9. The van der Waals surface area contributed by atoms with Gasteiger partial charge in [-0.25, -0.2) is 0 Å². The van der Waals surface area contributed by atoms with E-state index in [4.69, 9.17) is 22.4 Å². The lowest BCUT2D eigenvalue weighted by molar-refractivity contribution is 0.136. The van der Waals surface area contributed by atoms with Crippen molar-refractivity contribution in [1.29, 1.82) is 0 Å². The molecule has 1 heterocycles. The van der Waals surface area contributed by atoms with Gasteiger partial charge in [-0.05, 0) is 19.1 Å². The predicted octanol–water partition coefficient (Wildman–Crippen LogP) is -0.0403. The van der Waals surface area contributed by atoms with Gasteiger partial charge >= 0.3 is 0 Å². The van der Waals surface area contributed by atoms with Gasteiger partial charge in [0.2, 0.25) is 5.88 Å². The van der Waals surface area contributed by atoms with Crippen LogP contribution in [0.15, 0.2) is 22.4 Å². The number of aliphatic imine (C=N–C) groups is 1. The first-order valence-electron chi connectivity index (χ1n) is 5.82. The number of aromatic hydroxyl groups is 1. The Labute approximate surface area is 120 Å². The number of hydrogen-bond donors (Lipinski definition) is 4. The Morgan fingerprint density at radius 2 is 2.10 bits per heavy atom. The van der Waals surface area contributed by atoms with Crippen LogP contribution in [0.5, 0.6) is 5.88 Å². The summed E-state index contributed by atoms with van der Waals surface area (Å²) in [5.74, 6) is -0.347. The fourth-order valence-electron chi connectivity index (χ4n) is 1.34. The molecule has 8 heteroatoms. The molecule has 0 aliphatic heterocycles. The van der Waals surface area contributed by atoms with E-state index in [2.05, 4.69) is 16.6 Å². The van der Waals surface area contributed by atoms with E-state index >= 15 is 0 Å². The molecule has 0 aromatic carbocycles. The molecule has 0 saturated heterocycles. The summed E-state index contributed by atoms with van der Waals surface area (Å²) in [6.07, 6.45) is 2.62. The van der Waals surface area contributed by atoms with E-state index in [0.29, 0.717) is 0 Å². The number of nitrogens with one attached hydrogen (secondary N) is 1. The fraction of sp³-hybridized carbons (Fsp3) is 0.417. The molecule has 0 atom stereocenters. The average molecular weight is 299 g/mol. The SMILES string of the molecule is C=CCn1c(O)c(C=NC(C)(CO)CO)c(=O)[nH]c1=S. The molecular formula is C12H17N3O4S. The number of aromatic amines is 1. The van der Waals surface area contributed by atoms with Gasteiger partial charge in [-0.2, -0.15) is 0 Å². The van der Waals surface area contributed by atoms with E-state index in [1.807, 2.05) is 0 Å². The van der Waals surface area contributed by atoms with Crippen LogP contribution in [0.3, 0.4) is 0 Å². The summed E-state index contributed by atoms with van der Waals surface area (Å²) in [6, 6.07) is 0. The van der Waals surface area contributed by atoms with Gasteiger partial charge in [0.05, 0.1) is 13.2 Å². The zero-order chi connectivity index (χ0) is 15.3. The zero-order valence-electron chi connectivity index (χ0n) is 11.0. The minimum atomic E-state index is -1.13. The van der Waals surface area contributed by atoms with Crippen molar-refractivity contribution in [2.45, 2.75) is 19.0 Å². The van der Waals surface area contributed by atoms with E-state index in [1.165, 1.54) is 17.6 Å². The maximum absolute atomic E-state index is 11.8. The van der Waals surface area contributed by atoms with Gasteiger partial charge in [-0.3, -0.25) is 19.3 Å². The highest BCUT2D eigenvalue weighted by atomic mass is 32.1. The quantitative estimate of drug-likeness (QED) is 0.335. The normalized spacial score (nSPS) is 11.9. The Hall–Kier alpha value is -1.77. The van der Waals surface area contributed by atoms with Gasteiger partial charge < -0.3 is 15.3 Å². The van der Waals surface area contributed by atoms with Crippen molar-refractivity contribution in [2.24, 2.45) is 4.99 Å². The van der Waals surface area contributed by atoms with Crippen LogP contribution in [0, 0.1) is 4.77 Å². The number of hydrogen-bond acceptors (Lipinski definition) is 6. The number of rotatable bonds is 6. The molecule has 0 fully saturated rings. The van der Waals surface area contributed by atoms with Gasteiger partial charge in [0, 0.05) is 12.8 Å². The van der Waals surface area contributed by atoms with Crippen molar-refractivity contribution in [2.75, 3.05) is 13.2 Å². The van der Waals surface area contributed by atoms with Gasteiger partial charge in [-0.1, -0.05) is 6.08 Å². The highest BCUT2D eigenvalue weighted by molar-refractivity contribution is 7.71. The van der Waals surface area contributed by atoms with Crippen LogP contribution in [0.1, 0.15) is 12.5 Å². The van der Waals surface area contributed by atoms with Crippen molar-refractivity contribution in [3.63, 3.8) is 0 Å². The van der Waals surface area contributed by atoms with Crippen LogP contribution in [0.25, 0.3) is 0 Å². The number of allylic oxidation sites excluding steroid dienone is 1. The van der Waals surface area contributed by atoms with Gasteiger partial charge in [-0.15, -0.1) is 6.58 Å². The van der Waals surface area contributed by atoms with Crippen LogP contribution >= 0.6 is 12.2 Å². The number of aromatic nitrogens is 2. The van der Waals surface area contributed by atoms with Gasteiger partial charge in [0.1, 0.15) is 11.1 Å². The van der Waals surface area contributed by atoms with E-state index in [1.54, 1.807) is 0 Å². The molecule has 20 heavy (non-hydrogen) atoms. The van der Waals surface area contributed by atoms with Crippen LogP contribution in [0.4, 0.5) is 0 Å². The highest BCUT2D eigenvalue weighted by Crippen LogP contribution is 2.13. The molecule has 0 aliphatic carbocycles. The molecule has 7 nitrogen and oxygen atoms in total. The summed E-state index contributed by atoms with van der Waals surface area (Å²) < 4.78 is 1.34. The molecule has 0 aliphatic rings. The molecule has 1 aromatic heterocycles. The number of H-pyrrole nitrogens is 1. The first kappa shape index (κ1) is 16.3. The molecule has 110 valence electrons. The lowest BCUT2D eigenvalue weighted by Crippen LogP contribution is -2.32. The minimum absolute atomic E-state index is 0.0663. The summed E-state index contributed by atoms with van der Waals surface area (Å²) in [5, 5.41) is 28.3. The average Bonchev–Trinajstić information content (AvgIpc) is 2.42. The second kappa shape index (κ2) is 6.60. The van der Waals surface area contributed by atoms with Crippen molar-refractivity contribution in [3.05, 3.63) is 33.3 Å². The predicted molar refractivity (Wildman–Crippen MR) is 77.9 cm³/mol. The molecule has 0 radical (unpaired) electrons. The fourth-order valence-corrected chi connectivity index (χ4v) is 1.60. The van der Waals surface area contributed by atoms with Crippen LogP contribution in [-0.4, -0.2) is 49.8 Å². The Kier molecular flexibility index (Phi) is 5.37. The van der Waals surface area contributed by atoms with E-state index in [0.717, 1.165) is 6.21 Å². The maximum Gasteiger partial charge on any atom is 0.264 e. The third kappa shape index (κ3) is 3.41. The van der Waals surface area contributed by atoms with Gasteiger partial charge in [0.15, 0.2) is 4.77 Å². The van der Waals surface area contributed by atoms with Crippen LogP contribution < -0.4 is 5.56 Å². The molecule has 1 rings (SSSR count). The van der Waals surface area contributed by atoms with Crippen molar-refractivity contribution < 1.29 is 15.3 Å². The molecular weight excluding hydrogens is 282 g/mol. The molecule has 0 bridgehead atoms. The second-order valence-corrected chi connectivity index (χ2v) is 4.85. The maximum atomic E-state index is 11.8. The Morgan fingerprint density at radius 3 is 2.60 bits per heavy atom. The van der Waals surface area contributed by atoms with Crippen LogP contribution in [0.2, 0.25) is 0 Å². The minimum Gasteiger partial charge on any atom is -0.494 e.